The second-order valence-corrected chi connectivity index (χ2v) is 11.9. The molecule has 0 aromatic carbocycles. The highest BCUT2D eigenvalue weighted by atomic mass is 32.2. The van der Waals surface area contributed by atoms with Gasteiger partial charge in [-0.3, -0.25) is 0 Å². The molecule has 2 saturated carbocycles. The van der Waals surface area contributed by atoms with Crippen molar-refractivity contribution in [1.29, 1.82) is 0 Å². The van der Waals surface area contributed by atoms with Crippen LogP contribution >= 0.6 is 0 Å². The lowest BCUT2D eigenvalue weighted by atomic mass is 9.68. The van der Waals surface area contributed by atoms with E-state index in [-0.39, 0.29) is 0 Å². The summed E-state index contributed by atoms with van der Waals surface area (Å²) in [6, 6.07) is 0. The Balaban J connectivity index is 1.83. The van der Waals surface area contributed by atoms with E-state index < -0.39 is 14.6 Å². The van der Waals surface area contributed by atoms with Gasteiger partial charge in [-0.25, -0.2) is 8.42 Å². The molecular formula is C23H44O2S. The fraction of sp³-hybridized carbons (Fsp3) is 1.00. The quantitative estimate of drug-likeness (QED) is 0.383. The summed E-state index contributed by atoms with van der Waals surface area (Å²) in [7, 11) is -2.95. The van der Waals surface area contributed by atoms with E-state index in [2.05, 4.69) is 13.8 Å². The van der Waals surface area contributed by atoms with Crippen LogP contribution in [0.4, 0.5) is 0 Å². The minimum Gasteiger partial charge on any atom is -0.229 e. The van der Waals surface area contributed by atoms with Gasteiger partial charge < -0.3 is 0 Å². The molecule has 2 fully saturated rings. The molecule has 0 radical (unpaired) electrons. The van der Waals surface area contributed by atoms with Crippen LogP contribution in [-0.2, 0) is 9.84 Å². The topological polar surface area (TPSA) is 34.1 Å². The first-order valence-electron chi connectivity index (χ1n) is 11.6. The van der Waals surface area contributed by atoms with Gasteiger partial charge in [-0.1, -0.05) is 71.6 Å². The minimum atomic E-state index is -2.95. The first-order valence-corrected chi connectivity index (χ1v) is 13.5. The monoisotopic (exact) mass is 384 g/mol. The summed E-state index contributed by atoms with van der Waals surface area (Å²) >= 11 is 0. The zero-order chi connectivity index (χ0) is 19.0. The Kier molecular flexibility index (Phi) is 8.97. The van der Waals surface area contributed by atoms with Gasteiger partial charge in [-0.15, -0.1) is 0 Å². The summed E-state index contributed by atoms with van der Waals surface area (Å²) in [5.74, 6) is 2.65. The molecule has 2 rings (SSSR count). The Labute approximate surface area is 163 Å². The fourth-order valence-corrected chi connectivity index (χ4v) is 7.25. The van der Waals surface area contributed by atoms with Crippen molar-refractivity contribution in [2.75, 3.05) is 6.26 Å². The van der Waals surface area contributed by atoms with Gasteiger partial charge in [0.15, 0.2) is 9.84 Å². The van der Waals surface area contributed by atoms with Crippen LogP contribution in [0.5, 0.6) is 0 Å². The predicted molar refractivity (Wildman–Crippen MR) is 113 cm³/mol. The second kappa shape index (κ2) is 10.5. The standard InChI is InChI=1S/C23H44O2S/c1-4-6-8-9-17-23(26(3,24)25)18-15-22(16-19-23)21-13-11-20(12-14-21)10-7-5-2/h20-22H,4-19H2,1-3H3. The van der Waals surface area contributed by atoms with Crippen molar-refractivity contribution >= 4 is 9.84 Å². The average molecular weight is 385 g/mol. The Morgan fingerprint density at radius 3 is 1.88 bits per heavy atom. The van der Waals surface area contributed by atoms with Gasteiger partial charge in [0, 0.05) is 6.26 Å². The molecule has 0 aromatic rings. The smallest absolute Gasteiger partial charge is 0.153 e. The van der Waals surface area contributed by atoms with E-state index in [1.54, 1.807) is 0 Å². The molecule has 0 atom stereocenters. The number of hydrogen-bond acceptors (Lipinski definition) is 2. The van der Waals surface area contributed by atoms with Gasteiger partial charge in [-0.2, -0.15) is 0 Å². The predicted octanol–water partition coefficient (Wildman–Crippen LogP) is 6.93. The molecule has 0 spiro atoms. The van der Waals surface area contributed by atoms with Gasteiger partial charge >= 0.3 is 0 Å². The van der Waals surface area contributed by atoms with Gasteiger partial charge in [0.2, 0.25) is 0 Å². The summed E-state index contributed by atoms with van der Waals surface area (Å²) in [6.45, 7) is 4.51. The lowest BCUT2D eigenvalue weighted by Crippen LogP contribution is -2.43. The highest BCUT2D eigenvalue weighted by Gasteiger charge is 2.44. The van der Waals surface area contributed by atoms with Crippen LogP contribution in [0.3, 0.4) is 0 Å². The molecule has 0 saturated heterocycles. The molecule has 0 aliphatic heterocycles. The summed E-state index contributed by atoms with van der Waals surface area (Å²) in [5, 5.41) is 0. The lowest BCUT2D eigenvalue weighted by Gasteiger charge is -2.43. The first-order chi connectivity index (χ1) is 12.4. The van der Waals surface area contributed by atoms with Crippen LogP contribution in [0.1, 0.15) is 117 Å². The molecule has 2 aliphatic rings. The molecule has 0 bridgehead atoms. The van der Waals surface area contributed by atoms with Crippen LogP contribution in [0, 0.1) is 17.8 Å². The van der Waals surface area contributed by atoms with E-state index >= 15 is 0 Å². The van der Waals surface area contributed by atoms with Gasteiger partial charge in [0.05, 0.1) is 4.75 Å². The van der Waals surface area contributed by atoms with E-state index in [4.69, 9.17) is 0 Å². The molecule has 2 nitrogen and oxygen atoms in total. The third-order valence-corrected chi connectivity index (χ3v) is 9.92. The van der Waals surface area contributed by atoms with Crippen molar-refractivity contribution in [3.8, 4) is 0 Å². The molecule has 0 heterocycles. The molecular weight excluding hydrogens is 340 g/mol. The number of hydrogen-bond donors (Lipinski definition) is 0. The van der Waals surface area contributed by atoms with Crippen molar-refractivity contribution in [2.45, 2.75) is 121 Å². The van der Waals surface area contributed by atoms with Crippen LogP contribution in [-0.4, -0.2) is 19.4 Å². The Hall–Kier alpha value is -0.0500. The maximum absolute atomic E-state index is 12.6. The van der Waals surface area contributed by atoms with Crippen molar-refractivity contribution < 1.29 is 8.42 Å². The normalized spacial score (nSPS) is 33.3. The Bertz CT molecular complexity index is 480. The van der Waals surface area contributed by atoms with E-state index in [1.807, 2.05) is 0 Å². The van der Waals surface area contributed by atoms with Crippen molar-refractivity contribution in [1.82, 2.24) is 0 Å². The summed E-state index contributed by atoms with van der Waals surface area (Å²) in [5.41, 5.74) is 0. The first kappa shape index (κ1) is 22.2. The summed E-state index contributed by atoms with van der Waals surface area (Å²) in [6.07, 6.45) is 21.1. The van der Waals surface area contributed by atoms with Gasteiger partial charge in [0.25, 0.3) is 0 Å². The van der Waals surface area contributed by atoms with Crippen LogP contribution < -0.4 is 0 Å². The van der Waals surface area contributed by atoms with Gasteiger partial charge in [0.1, 0.15) is 0 Å². The molecule has 3 heteroatoms. The maximum atomic E-state index is 12.6. The summed E-state index contributed by atoms with van der Waals surface area (Å²) in [4.78, 5) is 0. The lowest BCUT2D eigenvalue weighted by molar-refractivity contribution is 0.146. The van der Waals surface area contributed by atoms with E-state index in [1.165, 1.54) is 70.5 Å². The third kappa shape index (κ3) is 5.97. The van der Waals surface area contributed by atoms with Crippen LogP contribution in [0.25, 0.3) is 0 Å². The Morgan fingerprint density at radius 1 is 0.769 bits per heavy atom. The molecule has 2 aliphatic carbocycles. The van der Waals surface area contributed by atoms with Crippen molar-refractivity contribution in [3.05, 3.63) is 0 Å². The van der Waals surface area contributed by atoms with E-state index in [0.717, 1.165) is 56.3 Å². The maximum Gasteiger partial charge on any atom is 0.153 e. The minimum absolute atomic E-state index is 0.393. The molecule has 26 heavy (non-hydrogen) atoms. The molecule has 0 unspecified atom stereocenters. The van der Waals surface area contributed by atoms with Crippen molar-refractivity contribution in [2.24, 2.45) is 17.8 Å². The molecule has 0 aromatic heterocycles. The highest BCUT2D eigenvalue weighted by molar-refractivity contribution is 7.92. The SMILES string of the molecule is CCCCCCC1(S(C)(=O)=O)CCC(C2CCC(CCCC)CC2)CC1. The average Bonchev–Trinajstić information content (AvgIpc) is 2.64. The van der Waals surface area contributed by atoms with Gasteiger partial charge in [-0.05, 0) is 62.7 Å². The molecule has 154 valence electrons. The van der Waals surface area contributed by atoms with Crippen LogP contribution in [0.15, 0.2) is 0 Å². The van der Waals surface area contributed by atoms with E-state index in [0.29, 0.717) is 0 Å². The zero-order valence-electron chi connectivity index (χ0n) is 17.8. The fourth-order valence-electron chi connectivity index (χ4n) is 5.76. The Morgan fingerprint density at radius 2 is 1.35 bits per heavy atom. The highest BCUT2D eigenvalue weighted by Crippen LogP contribution is 2.47. The second-order valence-electron chi connectivity index (χ2n) is 9.53. The summed E-state index contributed by atoms with van der Waals surface area (Å²) < 4.78 is 24.8. The molecule has 0 N–H and O–H groups in total. The van der Waals surface area contributed by atoms with Crippen molar-refractivity contribution in [3.63, 3.8) is 0 Å². The van der Waals surface area contributed by atoms with E-state index in [9.17, 15) is 8.42 Å². The number of rotatable bonds is 10. The third-order valence-electron chi connectivity index (χ3n) is 7.74. The molecule has 0 amide bonds. The largest absolute Gasteiger partial charge is 0.229 e. The van der Waals surface area contributed by atoms with Crippen LogP contribution in [0.2, 0.25) is 0 Å². The zero-order valence-corrected chi connectivity index (χ0v) is 18.6. The number of unbranched alkanes of at least 4 members (excludes halogenated alkanes) is 4. The number of sulfone groups is 1.